The molecule has 130 valence electrons. The SMILES string of the molecule is CSc1ccccc1CN1CCN(C(=N)N)CC1.O=S(=O)(O)O. The second-order valence-corrected chi connectivity index (χ2v) is 6.65. The van der Waals surface area contributed by atoms with E-state index in [0.29, 0.717) is 0 Å². The molecule has 1 aliphatic rings. The Labute approximate surface area is 140 Å². The first kappa shape index (κ1) is 19.7. The molecule has 0 amide bonds. The van der Waals surface area contributed by atoms with Crippen molar-refractivity contribution in [2.45, 2.75) is 11.4 Å². The van der Waals surface area contributed by atoms with Crippen LogP contribution in [0.1, 0.15) is 5.56 Å². The molecule has 0 spiro atoms. The maximum Gasteiger partial charge on any atom is 0.394 e. The zero-order valence-electron chi connectivity index (χ0n) is 12.8. The highest BCUT2D eigenvalue weighted by molar-refractivity contribution is 7.98. The van der Waals surface area contributed by atoms with E-state index in [1.807, 2.05) is 4.90 Å². The monoisotopic (exact) mass is 362 g/mol. The Balaban J connectivity index is 0.000000463. The predicted octanol–water partition coefficient (Wildman–Crippen LogP) is 0.767. The first-order valence-electron chi connectivity index (χ1n) is 6.84. The number of nitrogens with zero attached hydrogens (tertiary/aromatic N) is 2. The number of guanidine groups is 1. The molecule has 1 fully saturated rings. The molecule has 0 atom stereocenters. The van der Waals surface area contributed by atoms with Crippen molar-refractivity contribution in [3.63, 3.8) is 0 Å². The van der Waals surface area contributed by atoms with Crippen LogP contribution in [0.2, 0.25) is 0 Å². The third-order valence-electron chi connectivity index (χ3n) is 3.30. The van der Waals surface area contributed by atoms with Crippen molar-refractivity contribution in [1.82, 2.24) is 9.80 Å². The molecule has 0 unspecified atom stereocenters. The molecule has 10 heteroatoms. The minimum atomic E-state index is -4.67. The molecule has 0 radical (unpaired) electrons. The van der Waals surface area contributed by atoms with Crippen LogP contribution in [-0.2, 0) is 16.9 Å². The molecule has 1 saturated heterocycles. The van der Waals surface area contributed by atoms with Crippen molar-refractivity contribution in [2.75, 3.05) is 32.4 Å². The molecule has 1 heterocycles. The average Bonchev–Trinajstić information content (AvgIpc) is 2.46. The van der Waals surface area contributed by atoms with E-state index in [4.69, 9.17) is 28.7 Å². The summed E-state index contributed by atoms with van der Waals surface area (Å²) >= 11 is 1.80. The first-order valence-corrected chi connectivity index (χ1v) is 9.46. The molecular formula is C13H22N4O4S2. The Kier molecular flexibility index (Phi) is 7.79. The van der Waals surface area contributed by atoms with E-state index in [1.54, 1.807) is 11.8 Å². The van der Waals surface area contributed by atoms with Gasteiger partial charge in [0.15, 0.2) is 5.96 Å². The largest absolute Gasteiger partial charge is 0.394 e. The van der Waals surface area contributed by atoms with Crippen LogP contribution < -0.4 is 5.73 Å². The van der Waals surface area contributed by atoms with Gasteiger partial charge in [0.2, 0.25) is 0 Å². The number of hydrogen-bond acceptors (Lipinski definition) is 5. The maximum absolute atomic E-state index is 8.74. The molecule has 1 aromatic rings. The average molecular weight is 362 g/mol. The Hall–Kier alpha value is -1.33. The molecule has 0 saturated carbocycles. The number of benzene rings is 1. The van der Waals surface area contributed by atoms with E-state index in [-0.39, 0.29) is 5.96 Å². The van der Waals surface area contributed by atoms with Gasteiger partial charge in [-0.2, -0.15) is 8.42 Å². The fourth-order valence-electron chi connectivity index (χ4n) is 2.22. The van der Waals surface area contributed by atoms with Crippen molar-refractivity contribution in [1.29, 1.82) is 5.41 Å². The van der Waals surface area contributed by atoms with Gasteiger partial charge >= 0.3 is 10.4 Å². The van der Waals surface area contributed by atoms with Gasteiger partial charge < -0.3 is 10.6 Å². The number of hydrogen-bond donors (Lipinski definition) is 4. The molecular weight excluding hydrogens is 340 g/mol. The highest BCUT2D eigenvalue weighted by Gasteiger charge is 2.18. The van der Waals surface area contributed by atoms with Crippen LogP contribution in [0.25, 0.3) is 0 Å². The van der Waals surface area contributed by atoms with Crippen LogP contribution in [-0.4, -0.2) is 65.7 Å². The highest BCUT2D eigenvalue weighted by Crippen LogP contribution is 2.21. The summed E-state index contributed by atoms with van der Waals surface area (Å²) in [5, 5.41) is 7.42. The van der Waals surface area contributed by atoms with E-state index < -0.39 is 10.4 Å². The van der Waals surface area contributed by atoms with Crippen molar-refractivity contribution in [3.05, 3.63) is 29.8 Å². The fraction of sp³-hybridized carbons (Fsp3) is 0.462. The zero-order valence-corrected chi connectivity index (χ0v) is 14.5. The quantitative estimate of drug-likeness (QED) is 0.268. The minimum Gasteiger partial charge on any atom is -0.370 e. The van der Waals surface area contributed by atoms with Gasteiger partial charge in [-0.25, -0.2) is 0 Å². The molecule has 0 aromatic heterocycles. The predicted molar refractivity (Wildman–Crippen MR) is 91.2 cm³/mol. The zero-order chi connectivity index (χ0) is 17.5. The van der Waals surface area contributed by atoms with Crippen LogP contribution >= 0.6 is 11.8 Å². The summed E-state index contributed by atoms with van der Waals surface area (Å²) in [5.41, 5.74) is 6.89. The van der Waals surface area contributed by atoms with Crippen molar-refractivity contribution in [2.24, 2.45) is 5.73 Å². The van der Waals surface area contributed by atoms with Crippen molar-refractivity contribution >= 4 is 28.1 Å². The van der Waals surface area contributed by atoms with Crippen LogP contribution in [0, 0.1) is 5.41 Å². The maximum atomic E-state index is 8.74. The van der Waals surface area contributed by atoms with Crippen LogP contribution in [0.3, 0.4) is 0 Å². The van der Waals surface area contributed by atoms with E-state index >= 15 is 0 Å². The molecule has 1 aliphatic heterocycles. The Bertz CT molecular complexity index is 608. The van der Waals surface area contributed by atoms with Gasteiger partial charge in [-0.3, -0.25) is 19.4 Å². The smallest absolute Gasteiger partial charge is 0.370 e. The van der Waals surface area contributed by atoms with Crippen LogP contribution in [0.5, 0.6) is 0 Å². The molecule has 2 rings (SSSR count). The summed E-state index contributed by atoms with van der Waals surface area (Å²) in [5.74, 6) is 0.194. The lowest BCUT2D eigenvalue weighted by Crippen LogP contribution is -2.50. The standard InChI is InChI=1S/C13H20N4S.H2O4S/c1-18-12-5-3-2-4-11(12)10-16-6-8-17(9-7-16)13(14)15;1-5(2,3)4/h2-5H,6-10H2,1H3,(H3,14,15);(H2,1,2,3,4). The summed E-state index contributed by atoms with van der Waals surface area (Å²) in [6.45, 7) is 4.65. The molecule has 0 aliphatic carbocycles. The lowest BCUT2D eigenvalue weighted by Gasteiger charge is -2.35. The second-order valence-electron chi connectivity index (χ2n) is 4.91. The summed E-state index contributed by atoms with van der Waals surface area (Å²) in [6, 6.07) is 8.55. The summed E-state index contributed by atoms with van der Waals surface area (Å²) in [7, 11) is -4.67. The van der Waals surface area contributed by atoms with Gasteiger partial charge in [-0.1, -0.05) is 18.2 Å². The Morgan fingerprint density at radius 3 is 2.26 bits per heavy atom. The van der Waals surface area contributed by atoms with Gasteiger partial charge in [0.05, 0.1) is 0 Å². The van der Waals surface area contributed by atoms with E-state index in [0.717, 1.165) is 32.7 Å². The normalized spacial score (nSPS) is 15.7. The Morgan fingerprint density at radius 2 is 1.78 bits per heavy atom. The summed E-state index contributed by atoms with van der Waals surface area (Å²) in [4.78, 5) is 5.71. The van der Waals surface area contributed by atoms with Crippen LogP contribution in [0.15, 0.2) is 29.2 Å². The van der Waals surface area contributed by atoms with Gasteiger partial charge in [-0.15, -0.1) is 11.8 Å². The van der Waals surface area contributed by atoms with Crippen molar-refractivity contribution in [3.8, 4) is 0 Å². The highest BCUT2D eigenvalue weighted by atomic mass is 32.3. The van der Waals surface area contributed by atoms with E-state index in [1.165, 1.54) is 10.5 Å². The Morgan fingerprint density at radius 1 is 1.26 bits per heavy atom. The lowest BCUT2D eigenvalue weighted by molar-refractivity contribution is 0.173. The van der Waals surface area contributed by atoms with E-state index in [2.05, 4.69) is 35.4 Å². The molecule has 1 aromatic carbocycles. The number of nitrogens with one attached hydrogen (secondary N) is 1. The summed E-state index contributed by atoms with van der Waals surface area (Å²) < 4.78 is 31.6. The van der Waals surface area contributed by atoms with Gasteiger partial charge in [0.1, 0.15) is 0 Å². The summed E-state index contributed by atoms with van der Waals surface area (Å²) in [6.07, 6.45) is 2.12. The lowest BCUT2D eigenvalue weighted by atomic mass is 10.2. The van der Waals surface area contributed by atoms with Crippen molar-refractivity contribution < 1.29 is 17.5 Å². The van der Waals surface area contributed by atoms with E-state index in [9.17, 15) is 0 Å². The molecule has 8 nitrogen and oxygen atoms in total. The van der Waals surface area contributed by atoms with Gasteiger partial charge in [-0.05, 0) is 17.9 Å². The van der Waals surface area contributed by atoms with Crippen LogP contribution in [0.4, 0.5) is 0 Å². The number of rotatable bonds is 3. The molecule has 5 N–H and O–H groups in total. The molecule has 23 heavy (non-hydrogen) atoms. The third-order valence-corrected chi connectivity index (χ3v) is 4.14. The second kappa shape index (κ2) is 9.08. The van der Waals surface area contributed by atoms with Gasteiger partial charge in [0.25, 0.3) is 0 Å². The number of piperazine rings is 1. The third kappa shape index (κ3) is 8.18. The van der Waals surface area contributed by atoms with Gasteiger partial charge in [0, 0.05) is 37.6 Å². The fourth-order valence-corrected chi connectivity index (χ4v) is 2.83. The first-order chi connectivity index (χ1) is 10.7. The number of thioether (sulfide) groups is 1. The minimum absolute atomic E-state index is 0.194. The molecule has 0 bridgehead atoms. The number of nitrogens with two attached hydrogens (primary N) is 1. The topological polar surface area (TPSA) is 131 Å².